The van der Waals surface area contributed by atoms with E-state index in [-0.39, 0.29) is 5.91 Å². The third-order valence-corrected chi connectivity index (χ3v) is 4.03. The van der Waals surface area contributed by atoms with E-state index in [1.54, 1.807) is 11.3 Å². The summed E-state index contributed by atoms with van der Waals surface area (Å²) in [4.78, 5) is 22.0. The van der Waals surface area contributed by atoms with Crippen LogP contribution in [0.4, 0.5) is 5.82 Å². The number of hydrogen-bond acceptors (Lipinski definition) is 5. The van der Waals surface area contributed by atoms with E-state index in [2.05, 4.69) is 34.4 Å². The van der Waals surface area contributed by atoms with Crippen molar-refractivity contribution >= 4 is 33.3 Å². The summed E-state index contributed by atoms with van der Waals surface area (Å²) in [6, 6.07) is 0. The van der Waals surface area contributed by atoms with Gasteiger partial charge in [0.2, 0.25) is 5.91 Å². The lowest BCUT2D eigenvalue weighted by Gasteiger charge is -2.08. The number of rotatable bonds is 4. The number of amides is 1. The molecular formula is C13H18N4OS. The second-order valence-electron chi connectivity index (χ2n) is 4.49. The Kier molecular flexibility index (Phi) is 3.99. The molecule has 0 atom stereocenters. The Morgan fingerprint density at radius 1 is 1.21 bits per heavy atom. The smallest absolute Gasteiger partial charge is 0.216 e. The van der Waals surface area contributed by atoms with Crippen molar-refractivity contribution in [3.63, 3.8) is 0 Å². The van der Waals surface area contributed by atoms with Crippen molar-refractivity contribution in [2.45, 2.75) is 27.7 Å². The molecule has 0 unspecified atom stereocenters. The molecule has 102 valence electrons. The molecule has 0 aromatic carbocycles. The first-order valence-corrected chi connectivity index (χ1v) is 7.03. The van der Waals surface area contributed by atoms with Crippen molar-refractivity contribution in [2.24, 2.45) is 0 Å². The molecule has 0 saturated heterocycles. The number of carbonyl (C=O) groups is 1. The van der Waals surface area contributed by atoms with Crippen LogP contribution < -0.4 is 10.6 Å². The standard InChI is InChI=1S/C13H18N4OS/c1-7-8(2)19-13-11(7)12(16-9(3)17-13)15-6-5-14-10(4)18/h5-6H2,1-4H3,(H,14,18)(H,15,16,17). The van der Waals surface area contributed by atoms with Gasteiger partial charge in [-0.25, -0.2) is 9.97 Å². The van der Waals surface area contributed by atoms with Crippen molar-refractivity contribution in [1.82, 2.24) is 15.3 Å². The van der Waals surface area contributed by atoms with Gasteiger partial charge in [-0.15, -0.1) is 11.3 Å². The van der Waals surface area contributed by atoms with Gasteiger partial charge >= 0.3 is 0 Å². The summed E-state index contributed by atoms with van der Waals surface area (Å²) in [5.41, 5.74) is 1.22. The van der Waals surface area contributed by atoms with E-state index in [0.29, 0.717) is 13.1 Å². The SMILES string of the molecule is CC(=O)NCCNc1nc(C)nc2sc(C)c(C)c12. The van der Waals surface area contributed by atoms with Crippen LogP contribution in [0.3, 0.4) is 0 Å². The maximum atomic E-state index is 10.8. The summed E-state index contributed by atoms with van der Waals surface area (Å²) >= 11 is 1.69. The lowest BCUT2D eigenvalue weighted by molar-refractivity contribution is -0.118. The number of thiophene rings is 1. The van der Waals surface area contributed by atoms with Crippen molar-refractivity contribution in [1.29, 1.82) is 0 Å². The van der Waals surface area contributed by atoms with Crippen LogP contribution >= 0.6 is 11.3 Å². The third kappa shape index (κ3) is 3.01. The van der Waals surface area contributed by atoms with Crippen molar-refractivity contribution in [2.75, 3.05) is 18.4 Å². The number of carbonyl (C=O) groups excluding carboxylic acids is 1. The van der Waals surface area contributed by atoms with Crippen molar-refractivity contribution in [3.05, 3.63) is 16.3 Å². The molecule has 2 aromatic rings. The lowest BCUT2D eigenvalue weighted by atomic mass is 10.2. The molecule has 2 aromatic heterocycles. The first-order chi connectivity index (χ1) is 8.99. The summed E-state index contributed by atoms with van der Waals surface area (Å²) < 4.78 is 0. The van der Waals surface area contributed by atoms with E-state index >= 15 is 0 Å². The van der Waals surface area contributed by atoms with Gasteiger partial charge < -0.3 is 10.6 Å². The molecule has 0 aliphatic heterocycles. The third-order valence-electron chi connectivity index (χ3n) is 2.93. The zero-order valence-electron chi connectivity index (χ0n) is 11.6. The summed E-state index contributed by atoms with van der Waals surface area (Å²) in [6.45, 7) is 8.83. The second kappa shape index (κ2) is 5.52. The molecule has 2 rings (SSSR count). The molecule has 2 heterocycles. The number of aryl methyl sites for hydroxylation is 3. The Hall–Kier alpha value is -1.69. The van der Waals surface area contributed by atoms with E-state index in [1.807, 2.05) is 6.92 Å². The van der Waals surface area contributed by atoms with Crippen LogP contribution in [0.25, 0.3) is 10.2 Å². The van der Waals surface area contributed by atoms with Crippen LogP contribution in [0.2, 0.25) is 0 Å². The monoisotopic (exact) mass is 278 g/mol. The number of nitrogens with zero attached hydrogens (tertiary/aromatic N) is 2. The van der Waals surface area contributed by atoms with Crippen LogP contribution in [-0.4, -0.2) is 29.0 Å². The Balaban J connectivity index is 2.24. The quantitative estimate of drug-likeness (QED) is 0.841. The molecule has 0 bridgehead atoms. The highest BCUT2D eigenvalue weighted by atomic mass is 32.1. The van der Waals surface area contributed by atoms with Gasteiger partial charge in [-0.2, -0.15) is 0 Å². The number of fused-ring (bicyclic) bond motifs is 1. The second-order valence-corrected chi connectivity index (χ2v) is 5.70. The Bertz CT molecular complexity index is 621. The maximum absolute atomic E-state index is 10.8. The first-order valence-electron chi connectivity index (χ1n) is 6.21. The maximum Gasteiger partial charge on any atom is 0.216 e. The number of anilines is 1. The van der Waals surface area contributed by atoms with Gasteiger partial charge in [0.05, 0.1) is 5.39 Å². The predicted molar refractivity (Wildman–Crippen MR) is 78.8 cm³/mol. The van der Waals surface area contributed by atoms with E-state index in [1.165, 1.54) is 17.4 Å². The van der Waals surface area contributed by atoms with E-state index < -0.39 is 0 Å². The number of nitrogens with one attached hydrogen (secondary N) is 2. The molecule has 19 heavy (non-hydrogen) atoms. The van der Waals surface area contributed by atoms with Gasteiger partial charge in [0, 0.05) is 24.9 Å². The van der Waals surface area contributed by atoms with Crippen LogP contribution in [0, 0.1) is 20.8 Å². The average Bonchev–Trinajstić information content (AvgIpc) is 2.60. The molecular weight excluding hydrogens is 260 g/mol. The Morgan fingerprint density at radius 2 is 1.95 bits per heavy atom. The normalized spacial score (nSPS) is 10.7. The zero-order chi connectivity index (χ0) is 14.0. The van der Waals surface area contributed by atoms with Gasteiger partial charge in [-0.3, -0.25) is 4.79 Å². The molecule has 0 aliphatic carbocycles. The van der Waals surface area contributed by atoms with E-state index in [0.717, 1.165) is 21.9 Å². The van der Waals surface area contributed by atoms with Crippen LogP contribution in [0.15, 0.2) is 0 Å². The lowest BCUT2D eigenvalue weighted by Crippen LogP contribution is -2.26. The van der Waals surface area contributed by atoms with Crippen LogP contribution in [0.5, 0.6) is 0 Å². The van der Waals surface area contributed by atoms with Crippen molar-refractivity contribution < 1.29 is 4.79 Å². The number of aromatic nitrogens is 2. The predicted octanol–water partition coefficient (Wildman–Crippen LogP) is 2.16. The largest absolute Gasteiger partial charge is 0.368 e. The van der Waals surface area contributed by atoms with Gasteiger partial charge in [0.1, 0.15) is 16.5 Å². The summed E-state index contributed by atoms with van der Waals surface area (Å²) in [5, 5.41) is 7.13. The van der Waals surface area contributed by atoms with Gasteiger partial charge in [0.15, 0.2) is 0 Å². The summed E-state index contributed by atoms with van der Waals surface area (Å²) in [5.74, 6) is 1.60. The van der Waals surface area contributed by atoms with Gasteiger partial charge in [-0.1, -0.05) is 0 Å². The molecule has 0 saturated carbocycles. The number of hydrogen-bond donors (Lipinski definition) is 2. The molecule has 2 N–H and O–H groups in total. The van der Waals surface area contributed by atoms with Crippen LogP contribution in [-0.2, 0) is 4.79 Å². The fourth-order valence-corrected chi connectivity index (χ4v) is 2.98. The molecule has 6 heteroatoms. The average molecular weight is 278 g/mol. The van der Waals surface area contributed by atoms with Crippen LogP contribution in [0.1, 0.15) is 23.2 Å². The fraction of sp³-hybridized carbons (Fsp3) is 0.462. The topological polar surface area (TPSA) is 66.9 Å². The summed E-state index contributed by atoms with van der Waals surface area (Å²) in [6.07, 6.45) is 0. The first kappa shape index (κ1) is 13.7. The molecule has 0 spiro atoms. The highest BCUT2D eigenvalue weighted by Crippen LogP contribution is 2.32. The highest BCUT2D eigenvalue weighted by Gasteiger charge is 2.12. The molecule has 5 nitrogen and oxygen atoms in total. The molecule has 0 radical (unpaired) electrons. The van der Waals surface area contributed by atoms with Gasteiger partial charge in [-0.05, 0) is 26.3 Å². The van der Waals surface area contributed by atoms with E-state index in [9.17, 15) is 4.79 Å². The zero-order valence-corrected chi connectivity index (χ0v) is 12.4. The molecule has 0 aliphatic rings. The molecule has 0 fully saturated rings. The van der Waals surface area contributed by atoms with Crippen molar-refractivity contribution in [3.8, 4) is 0 Å². The van der Waals surface area contributed by atoms with E-state index in [4.69, 9.17) is 0 Å². The molecule has 1 amide bonds. The summed E-state index contributed by atoms with van der Waals surface area (Å²) in [7, 11) is 0. The minimum absolute atomic E-state index is 0.0200. The van der Waals surface area contributed by atoms with Gasteiger partial charge in [0.25, 0.3) is 0 Å². The highest BCUT2D eigenvalue weighted by molar-refractivity contribution is 7.18. The Labute approximate surface area is 116 Å². The minimum atomic E-state index is -0.0200. The fourth-order valence-electron chi connectivity index (χ4n) is 1.90. The Morgan fingerprint density at radius 3 is 2.63 bits per heavy atom. The minimum Gasteiger partial charge on any atom is -0.368 e.